The lowest BCUT2D eigenvalue weighted by molar-refractivity contribution is 0.264. The Morgan fingerprint density at radius 1 is 1.38 bits per heavy atom. The molecule has 0 radical (unpaired) electrons. The van der Waals surface area contributed by atoms with Gasteiger partial charge in [0.1, 0.15) is 0 Å². The summed E-state index contributed by atoms with van der Waals surface area (Å²) >= 11 is 1.75. The standard InChI is InChI=1S/C14H22N6S/c1-9-13(21-11(3)15-9)10(2)19(4)14-16-17-18-20(14)8-12-6-5-7-12/h10,12H,5-8H2,1-4H3. The zero-order valence-electron chi connectivity index (χ0n) is 13.1. The fourth-order valence-corrected chi connectivity index (χ4v) is 3.80. The van der Waals surface area contributed by atoms with E-state index in [1.54, 1.807) is 11.3 Å². The van der Waals surface area contributed by atoms with E-state index in [-0.39, 0.29) is 6.04 Å². The number of thiazole rings is 1. The van der Waals surface area contributed by atoms with E-state index in [0.29, 0.717) is 0 Å². The van der Waals surface area contributed by atoms with Crippen molar-refractivity contribution in [3.05, 3.63) is 15.6 Å². The third-order valence-electron chi connectivity index (χ3n) is 4.38. The number of nitrogens with zero attached hydrogens (tertiary/aromatic N) is 6. The van der Waals surface area contributed by atoms with E-state index in [4.69, 9.17) is 0 Å². The summed E-state index contributed by atoms with van der Waals surface area (Å²) < 4.78 is 1.95. The van der Waals surface area contributed by atoms with Gasteiger partial charge in [0.05, 0.1) is 16.7 Å². The summed E-state index contributed by atoms with van der Waals surface area (Å²) in [6.07, 6.45) is 3.94. The van der Waals surface area contributed by atoms with E-state index < -0.39 is 0 Å². The molecule has 1 atom stereocenters. The molecule has 1 aliphatic carbocycles. The molecule has 1 unspecified atom stereocenters. The third kappa shape index (κ3) is 2.79. The molecular formula is C14H22N6S. The minimum atomic E-state index is 0.224. The summed E-state index contributed by atoms with van der Waals surface area (Å²) in [5.41, 5.74) is 1.11. The molecule has 0 aliphatic heterocycles. The van der Waals surface area contributed by atoms with E-state index in [0.717, 1.165) is 29.1 Å². The number of anilines is 1. The van der Waals surface area contributed by atoms with E-state index in [1.807, 2.05) is 4.68 Å². The molecule has 0 amide bonds. The molecule has 0 bridgehead atoms. The molecule has 0 saturated heterocycles. The Morgan fingerprint density at radius 2 is 2.14 bits per heavy atom. The lowest BCUT2D eigenvalue weighted by Gasteiger charge is -2.28. The Hall–Kier alpha value is -1.50. The molecule has 2 aromatic rings. The molecule has 0 N–H and O–H groups in total. The average molecular weight is 306 g/mol. The molecule has 2 heterocycles. The zero-order valence-corrected chi connectivity index (χ0v) is 13.9. The van der Waals surface area contributed by atoms with Crippen LogP contribution in [-0.2, 0) is 6.54 Å². The Kier molecular flexibility index (Phi) is 3.93. The molecule has 2 aromatic heterocycles. The second-order valence-electron chi connectivity index (χ2n) is 5.93. The molecule has 1 aliphatic rings. The van der Waals surface area contributed by atoms with Crippen molar-refractivity contribution >= 4 is 17.3 Å². The van der Waals surface area contributed by atoms with Crippen LogP contribution < -0.4 is 4.90 Å². The summed E-state index contributed by atoms with van der Waals surface area (Å²) in [5.74, 6) is 1.59. The number of hydrogen-bond donors (Lipinski definition) is 0. The van der Waals surface area contributed by atoms with E-state index in [2.05, 4.69) is 53.2 Å². The second-order valence-corrected chi connectivity index (χ2v) is 7.16. The molecule has 1 saturated carbocycles. The van der Waals surface area contributed by atoms with Gasteiger partial charge < -0.3 is 4.90 Å². The highest BCUT2D eigenvalue weighted by molar-refractivity contribution is 7.11. The monoisotopic (exact) mass is 306 g/mol. The van der Waals surface area contributed by atoms with Crippen molar-refractivity contribution in [1.82, 2.24) is 25.2 Å². The quantitative estimate of drug-likeness (QED) is 0.850. The van der Waals surface area contributed by atoms with Crippen LogP contribution in [0.3, 0.4) is 0 Å². The number of tetrazole rings is 1. The van der Waals surface area contributed by atoms with Gasteiger partial charge >= 0.3 is 0 Å². The first-order chi connectivity index (χ1) is 10.1. The van der Waals surface area contributed by atoms with Gasteiger partial charge in [0.2, 0.25) is 5.95 Å². The van der Waals surface area contributed by atoms with E-state index in [9.17, 15) is 0 Å². The van der Waals surface area contributed by atoms with Gasteiger partial charge in [-0.2, -0.15) is 0 Å². The maximum absolute atomic E-state index is 4.52. The molecule has 0 spiro atoms. The molecule has 7 heteroatoms. The lowest BCUT2D eigenvalue weighted by Crippen LogP contribution is -2.27. The highest BCUT2D eigenvalue weighted by Gasteiger charge is 2.25. The van der Waals surface area contributed by atoms with Crippen LogP contribution in [0.5, 0.6) is 0 Å². The van der Waals surface area contributed by atoms with Gasteiger partial charge in [-0.1, -0.05) is 11.5 Å². The number of aryl methyl sites for hydroxylation is 2. The summed E-state index contributed by atoms with van der Waals surface area (Å²) in [7, 11) is 2.06. The summed E-state index contributed by atoms with van der Waals surface area (Å²) in [6, 6.07) is 0.224. The van der Waals surface area contributed by atoms with Crippen LogP contribution in [0.25, 0.3) is 0 Å². The molecule has 6 nitrogen and oxygen atoms in total. The predicted molar refractivity (Wildman–Crippen MR) is 83.6 cm³/mol. The van der Waals surface area contributed by atoms with Gasteiger partial charge in [0, 0.05) is 18.5 Å². The first-order valence-corrected chi connectivity index (χ1v) is 8.31. The van der Waals surface area contributed by atoms with Gasteiger partial charge in [0.15, 0.2) is 0 Å². The Labute approximate surface area is 129 Å². The van der Waals surface area contributed by atoms with Crippen molar-refractivity contribution in [3.8, 4) is 0 Å². The Morgan fingerprint density at radius 3 is 2.71 bits per heavy atom. The summed E-state index contributed by atoms with van der Waals surface area (Å²) in [6.45, 7) is 7.23. The average Bonchev–Trinajstić information content (AvgIpc) is 2.98. The highest BCUT2D eigenvalue weighted by atomic mass is 32.1. The maximum Gasteiger partial charge on any atom is 0.245 e. The number of rotatable bonds is 5. The van der Waals surface area contributed by atoms with Crippen LogP contribution in [0.15, 0.2) is 0 Å². The fourth-order valence-electron chi connectivity index (χ4n) is 2.77. The highest BCUT2D eigenvalue weighted by Crippen LogP contribution is 2.32. The van der Waals surface area contributed by atoms with Gasteiger partial charge in [-0.3, -0.25) is 0 Å². The van der Waals surface area contributed by atoms with Gasteiger partial charge in [-0.25, -0.2) is 9.67 Å². The van der Waals surface area contributed by atoms with Crippen LogP contribution in [0.2, 0.25) is 0 Å². The minimum absolute atomic E-state index is 0.224. The molecule has 0 aromatic carbocycles. The van der Waals surface area contributed by atoms with Crippen molar-refractivity contribution < 1.29 is 0 Å². The van der Waals surface area contributed by atoms with Crippen molar-refractivity contribution in [2.45, 2.75) is 52.6 Å². The minimum Gasteiger partial charge on any atom is -0.335 e. The largest absolute Gasteiger partial charge is 0.335 e. The maximum atomic E-state index is 4.52. The summed E-state index contributed by atoms with van der Waals surface area (Å²) in [5, 5.41) is 13.4. The van der Waals surface area contributed by atoms with Crippen molar-refractivity contribution in [2.24, 2.45) is 5.92 Å². The summed E-state index contributed by atoms with van der Waals surface area (Å²) in [4.78, 5) is 7.96. The van der Waals surface area contributed by atoms with Crippen LogP contribution in [0, 0.1) is 19.8 Å². The Bertz CT molecular complexity index is 615. The first-order valence-electron chi connectivity index (χ1n) is 7.49. The Balaban J connectivity index is 1.79. The second kappa shape index (κ2) is 5.71. The van der Waals surface area contributed by atoms with Gasteiger partial charge in [0.25, 0.3) is 0 Å². The van der Waals surface area contributed by atoms with Crippen LogP contribution in [-0.4, -0.2) is 32.2 Å². The molecule has 114 valence electrons. The van der Waals surface area contributed by atoms with Gasteiger partial charge in [-0.15, -0.1) is 11.3 Å². The normalized spacial score (nSPS) is 16.8. The molecule has 3 rings (SSSR count). The smallest absolute Gasteiger partial charge is 0.245 e. The number of aromatic nitrogens is 5. The molecular weight excluding hydrogens is 284 g/mol. The first kappa shape index (κ1) is 14.4. The third-order valence-corrected chi connectivity index (χ3v) is 5.63. The van der Waals surface area contributed by atoms with Crippen molar-refractivity contribution in [2.75, 3.05) is 11.9 Å². The topological polar surface area (TPSA) is 59.7 Å². The van der Waals surface area contributed by atoms with Crippen molar-refractivity contribution in [3.63, 3.8) is 0 Å². The number of hydrogen-bond acceptors (Lipinski definition) is 6. The predicted octanol–water partition coefficient (Wildman–Crippen LogP) is 2.74. The fraction of sp³-hybridized carbons (Fsp3) is 0.714. The van der Waals surface area contributed by atoms with E-state index >= 15 is 0 Å². The van der Waals surface area contributed by atoms with E-state index in [1.165, 1.54) is 24.1 Å². The molecule has 1 fully saturated rings. The zero-order chi connectivity index (χ0) is 15.0. The van der Waals surface area contributed by atoms with Crippen LogP contribution >= 0.6 is 11.3 Å². The SMILES string of the molecule is Cc1nc(C)c(C(C)N(C)c2nnnn2CC2CCC2)s1. The lowest BCUT2D eigenvalue weighted by atomic mass is 9.85. The van der Waals surface area contributed by atoms with Crippen LogP contribution in [0.1, 0.15) is 47.8 Å². The van der Waals surface area contributed by atoms with Crippen molar-refractivity contribution in [1.29, 1.82) is 0 Å². The van der Waals surface area contributed by atoms with Crippen LogP contribution in [0.4, 0.5) is 5.95 Å². The molecule has 21 heavy (non-hydrogen) atoms. The van der Waals surface area contributed by atoms with Gasteiger partial charge in [-0.05, 0) is 50.0 Å².